The molecular weight excluding hydrogens is 224 g/mol. The predicted molar refractivity (Wildman–Crippen MR) is 76.6 cm³/mol. The quantitative estimate of drug-likeness (QED) is 0.680. The maximum absolute atomic E-state index is 11.8. The molecule has 106 valence electrons. The first-order valence-corrected chi connectivity index (χ1v) is 7.63. The molecular formula is C15H30N2O. The summed E-state index contributed by atoms with van der Waals surface area (Å²) in [6.45, 7) is 11.8. The van der Waals surface area contributed by atoms with Crippen molar-refractivity contribution in [1.29, 1.82) is 0 Å². The zero-order valence-corrected chi connectivity index (χ0v) is 12.6. The van der Waals surface area contributed by atoms with E-state index in [2.05, 4.69) is 30.6 Å². The molecule has 18 heavy (non-hydrogen) atoms. The lowest BCUT2D eigenvalue weighted by molar-refractivity contribution is -0.136. The second kappa shape index (κ2) is 7.78. The van der Waals surface area contributed by atoms with Crippen LogP contribution >= 0.6 is 0 Å². The standard InChI is InChI=1S/C15H30N2O/c1-5-7-8-9-10-16-11-14(4)17(12-13(16)3)15(18)6-2/h13-14H,5-12H2,1-4H3. The Morgan fingerprint density at radius 2 is 1.78 bits per heavy atom. The lowest BCUT2D eigenvalue weighted by atomic mass is 10.1. The van der Waals surface area contributed by atoms with Crippen molar-refractivity contribution in [3.63, 3.8) is 0 Å². The summed E-state index contributed by atoms with van der Waals surface area (Å²) in [5.74, 6) is 0.306. The Kier molecular flexibility index (Phi) is 6.69. The molecule has 1 rings (SSSR count). The molecule has 3 nitrogen and oxygen atoms in total. The van der Waals surface area contributed by atoms with Gasteiger partial charge in [-0.05, 0) is 26.8 Å². The highest BCUT2D eigenvalue weighted by molar-refractivity contribution is 5.76. The Morgan fingerprint density at radius 3 is 2.39 bits per heavy atom. The molecule has 3 heteroatoms. The van der Waals surface area contributed by atoms with E-state index in [9.17, 15) is 4.79 Å². The number of unbranched alkanes of at least 4 members (excludes halogenated alkanes) is 3. The molecule has 1 saturated heterocycles. The zero-order chi connectivity index (χ0) is 13.5. The van der Waals surface area contributed by atoms with E-state index < -0.39 is 0 Å². The Morgan fingerprint density at radius 1 is 1.06 bits per heavy atom. The van der Waals surface area contributed by atoms with E-state index >= 15 is 0 Å². The predicted octanol–water partition coefficient (Wildman–Crippen LogP) is 2.90. The third kappa shape index (κ3) is 4.27. The Labute approximate surface area is 113 Å². The smallest absolute Gasteiger partial charge is 0.222 e. The van der Waals surface area contributed by atoms with Gasteiger partial charge in [0.05, 0.1) is 0 Å². The summed E-state index contributed by atoms with van der Waals surface area (Å²) in [6, 6.07) is 0.887. The summed E-state index contributed by atoms with van der Waals surface area (Å²) in [5.41, 5.74) is 0. The fraction of sp³-hybridized carbons (Fsp3) is 0.933. The van der Waals surface area contributed by atoms with Crippen LogP contribution in [0.25, 0.3) is 0 Å². The SMILES string of the molecule is CCCCCCN1CC(C)N(C(=O)CC)CC1C. The highest BCUT2D eigenvalue weighted by atomic mass is 16.2. The largest absolute Gasteiger partial charge is 0.337 e. The van der Waals surface area contributed by atoms with Gasteiger partial charge in [0.25, 0.3) is 0 Å². The van der Waals surface area contributed by atoms with Crippen LogP contribution in [-0.4, -0.2) is 47.4 Å². The Balaban J connectivity index is 2.39. The minimum atomic E-state index is 0.306. The topological polar surface area (TPSA) is 23.6 Å². The van der Waals surface area contributed by atoms with Gasteiger partial charge in [-0.1, -0.05) is 33.1 Å². The number of rotatable bonds is 6. The van der Waals surface area contributed by atoms with Crippen LogP contribution in [0.1, 0.15) is 59.8 Å². The molecule has 0 aliphatic carbocycles. The number of hydrogen-bond acceptors (Lipinski definition) is 2. The number of carbonyl (C=O) groups excluding carboxylic acids is 1. The fourth-order valence-electron chi connectivity index (χ4n) is 2.80. The van der Waals surface area contributed by atoms with E-state index in [4.69, 9.17) is 0 Å². The van der Waals surface area contributed by atoms with Gasteiger partial charge < -0.3 is 4.90 Å². The van der Waals surface area contributed by atoms with E-state index in [1.54, 1.807) is 0 Å². The van der Waals surface area contributed by atoms with Crippen molar-refractivity contribution in [2.75, 3.05) is 19.6 Å². The first-order valence-electron chi connectivity index (χ1n) is 7.63. The van der Waals surface area contributed by atoms with E-state index in [-0.39, 0.29) is 0 Å². The van der Waals surface area contributed by atoms with Crippen LogP contribution in [0.2, 0.25) is 0 Å². The van der Waals surface area contributed by atoms with Crippen molar-refractivity contribution in [2.24, 2.45) is 0 Å². The van der Waals surface area contributed by atoms with Crippen molar-refractivity contribution in [3.05, 3.63) is 0 Å². The van der Waals surface area contributed by atoms with Gasteiger partial charge >= 0.3 is 0 Å². The highest BCUT2D eigenvalue weighted by Gasteiger charge is 2.30. The molecule has 0 spiro atoms. The second-order valence-corrected chi connectivity index (χ2v) is 5.65. The zero-order valence-electron chi connectivity index (χ0n) is 12.6. The first-order chi connectivity index (χ1) is 8.60. The van der Waals surface area contributed by atoms with E-state index in [0.717, 1.165) is 13.1 Å². The van der Waals surface area contributed by atoms with Crippen molar-refractivity contribution < 1.29 is 4.79 Å². The molecule has 1 heterocycles. The number of hydrogen-bond donors (Lipinski definition) is 0. The monoisotopic (exact) mass is 254 g/mol. The lowest BCUT2D eigenvalue weighted by Crippen LogP contribution is -2.58. The van der Waals surface area contributed by atoms with E-state index in [1.807, 2.05) is 6.92 Å². The lowest BCUT2D eigenvalue weighted by Gasteiger charge is -2.44. The number of carbonyl (C=O) groups is 1. The minimum Gasteiger partial charge on any atom is -0.337 e. The van der Waals surface area contributed by atoms with Crippen molar-refractivity contribution in [3.8, 4) is 0 Å². The van der Waals surface area contributed by atoms with Crippen LogP contribution < -0.4 is 0 Å². The molecule has 0 N–H and O–H groups in total. The number of nitrogens with zero attached hydrogens (tertiary/aromatic N) is 2. The minimum absolute atomic E-state index is 0.306. The van der Waals surface area contributed by atoms with E-state index in [1.165, 1.54) is 32.2 Å². The van der Waals surface area contributed by atoms with Gasteiger partial charge in [0, 0.05) is 31.6 Å². The summed E-state index contributed by atoms with van der Waals surface area (Å²) in [7, 11) is 0. The molecule has 1 aliphatic heterocycles. The molecule has 1 amide bonds. The summed E-state index contributed by atoms with van der Waals surface area (Å²) in [6.07, 6.45) is 5.91. The molecule has 1 aliphatic rings. The molecule has 0 aromatic rings. The number of piperazine rings is 1. The molecule has 1 fully saturated rings. The van der Waals surface area contributed by atoms with Gasteiger partial charge in [0.1, 0.15) is 0 Å². The average Bonchev–Trinajstić information content (AvgIpc) is 2.37. The maximum atomic E-state index is 11.8. The van der Waals surface area contributed by atoms with Crippen molar-refractivity contribution in [1.82, 2.24) is 9.80 Å². The van der Waals surface area contributed by atoms with Crippen LogP contribution in [0, 0.1) is 0 Å². The molecule has 0 aromatic heterocycles. The summed E-state index contributed by atoms with van der Waals surface area (Å²) >= 11 is 0. The highest BCUT2D eigenvalue weighted by Crippen LogP contribution is 2.17. The summed E-state index contributed by atoms with van der Waals surface area (Å²) in [5, 5.41) is 0. The van der Waals surface area contributed by atoms with Crippen LogP contribution in [0.3, 0.4) is 0 Å². The van der Waals surface area contributed by atoms with Gasteiger partial charge in [-0.15, -0.1) is 0 Å². The number of amides is 1. The molecule has 0 bridgehead atoms. The molecule has 0 saturated carbocycles. The Bertz CT molecular complexity index is 255. The van der Waals surface area contributed by atoms with Crippen LogP contribution in [0.4, 0.5) is 0 Å². The van der Waals surface area contributed by atoms with Gasteiger partial charge in [-0.25, -0.2) is 0 Å². The van der Waals surface area contributed by atoms with Gasteiger partial charge in [-0.2, -0.15) is 0 Å². The molecule has 0 aromatic carbocycles. The molecule has 2 atom stereocenters. The third-order valence-corrected chi connectivity index (χ3v) is 4.04. The van der Waals surface area contributed by atoms with E-state index in [0.29, 0.717) is 24.4 Å². The van der Waals surface area contributed by atoms with Crippen molar-refractivity contribution >= 4 is 5.91 Å². The summed E-state index contributed by atoms with van der Waals surface area (Å²) in [4.78, 5) is 16.5. The fourth-order valence-corrected chi connectivity index (χ4v) is 2.80. The first kappa shape index (κ1) is 15.5. The van der Waals surface area contributed by atoms with Gasteiger partial charge in [0.15, 0.2) is 0 Å². The maximum Gasteiger partial charge on any atom is 0.222 e. The summed E-state index contributed by atoms with van der Waals surface area (Å²) < 4.78 is 0. The molecule has 0 radical (unpaired) electrons. The van der Waals surface area contributed by atoms with Gasteiger partial charge in [0.2, 0.25) is 5.91 Å². The Hall–Kier alpha value is -0.570. The van der Waals surface area contributed by atoms with Gasteiger partial charge in [-0.3, -0.25) is 9.69 Å². The normalized spacial score (nSPS) is 25.4. The third-order valence-electron chi connectivity index (χ3n) is 4.04. The van der Waals surface area contributed by atoms with Crippen LogP contribution in [0.15, 0.2) is 0 Å². The average molecular weight is 254 g/mol. The molecule has 2 unspecified atom stereocenters. The second-order valence-electron chi connectivity index (χ2n) is 5.65. The van der Waals surface area contributed by atoms with Crippen LogP contribution in [0.5, 0.6) is 0 Å². The van der Waals surface area contributed by atoms with Crippen LogP contribution in [-0.2, 0) is 4.79 Å². The van der Waals surface area contributed by atoms with Crippen molar-refractivity contribution in [2.45, 2.75) is 71.9 Å².